The molecule has 2 rings (SSSR count). The zero-order chi connectivity index (χ0) is 12.3. The minimum absolute atomic E-state index is 0. The van der Waals surface area contributed by atoms with Gasteiger partial charge in [-0.05, 0) is 54.4 Å². The molecule has 0 nitrogen and oxygen atoms in total. The molecule has 0 saturated carbocycles. The van der Waals surface area contributed by atoms with Crippen LogP contribution in [0.1, 0.15) is 54.4 Å². The third kappa shape index (κ3) is 5.34. The average molecular weight is 308 g/mol. The van der Waals surface area contributed by atoms with Crippen molar-refractivity contribution in [1.82, 2.24) is 0 Å². The van der Waals surface area contributed by atoms with Crippen molar-refractivity contribution in [3.63, 3.8) is 0 Å². The van der Waals surface area contributed by atoms with Crippen molar-refractivity contribution in [1.29, 1.82) is 0 Å². The second kappa shape index (κ2) is 7.32. The summed E-state index contributed by atoms with van der Waals surface area (Å²) in [6.45, 7) is 13.1. The molecule has 0 spiro atoms. The monoisotopic (exact) mass is 306 g/mol. The molecule has 17 heavy (non-hydrogen) atoms. The molecular weight excluding hydrogens is 283 g/mol. The van der Waals surface area contributed by atoms with Crippen LogP contribution in [0.5, 0.6) is 0 Å². The predicted molar refractivity (Wildman–Crippen MR) is 73.5 cm³/mol. The Balaban J connectivity index is 0.000000284. The second-order valence-corrected chi connectivity index (χ2v) is 5.26. The standard InChI is InChI=1S/2C8H12.Zr/c2*1-6-4-7(2)8(3)5-6;/h2*4H,5H2,1-3H3;. The summed E-state index contributed by atoms with van der Waals surface area (Å²) in [5, 5.41) is 0. The van der Waals surface area contributed by atoms with Crippen LogP contribution in [0.4, 0.5) is 0 Å². The smallest absolute Gasteiger partial charge is 0 e. The maximum absolute atomic E-state index is 2.26. The van der Waals surface area contributed by atoms with Gasteiger partial charge in [-0.1, -0.05) is 45.6 Å². The molecule has 0 fully saturated rings. The Morgan fingerprint density at radius 2 is 0.941 bits per heavy atom. The van der Waals surface area contributed by atoms with Gasteiger partial charge in [0.1, 0.15) is 0 Å². The van der Waals surface area contributed by atoms with E-state index in [4.69, 9.17) is 0 Å². The van der Waals surface area contributed by atoms with Gasteiger partial charge >= 0.3 is 0 Å². The summed E-state index contributed by atoms with van der Waals surface area (Å²) in [4.78, 5) is 0. The summed E-state index contributed by atoms with van der Waals surface area (Å²) in [5.74, 6) is 0. The molecule has 2 aliphatic carbocycles. The number of rotatable bonds is 0. The van der Waals surface area contributed by atoms with Crippen LogP contribution in [-0.4, -0.2) is 0 Å². The molecule has 0 aromatic carbocycles. The maximum atomic E-state index is 2.26. The van der Waals surface area contributed by atoms with Crippen LogP contribution in [-0.2, 0) is 26.2 Å². The third-order valence-electron chi connectivity index (χ3n) is 3.36. The molecule has 0 amide bonds. The van der Waals surface area contributed by atoms with Crippen molar-refractivity contribution >= 4 is 0 Å². The summed E-state index contributed by atoms with van der Waals surface area (Å²) < 4.78 is 0. The van der Waals surface area contributed by atoms with Crippen LogP contribution in [0.25, 0.3) is 0 Å². The third-order valence-corrected chi connectivity index (χ3v) is 3.36. The Morgan fingerprint density at radius 1 is 0.647 bits per heavy atom. The molecule has 0 N–H and O–H groups in total. The Kier molecular flexibility index (Phi) is 7.25. The molecule has 0 bridgehead atoms. The first-order valence-corrected chi connectivity index (χ1v) is 6.07. The minimum atomic E-state index is 0. The Bertz CT molecular complexity index is 363. The average Bonchev–Trinajstić information content (AvgIpc) is 2.58. The van der Waals surface area contributed by atoms with Gasteiger partial charge in [-0.3, -0.25) is 0 Å². The Morgan fingerprint density at radius 3 is 1.00 bits per heavy atom. The Hall–Kier alpha value is -0.157. The number of hydrogen-bond acceptors (Lipinski definition) is 0. The van der Waals surface area contributed by atoms with Gasteiger partial charge in [0.2, 0.25) is 0 Å². The molecule has 0 unspecified atom stereocenters. The van der Waals surface area contributed by atoms with E-state index in [9.17, 15) is 0 Å². The van der Waals surface area contributed by atoms with Crippen LogP contribution in [0.15, 0.2) is 45.6 Å². The van der Waals surface area contributed by atoms with Crippen molar-refractivity contribution in [2.24, 2.45) is 0 Å². The summed E-state index contributed by atoms with van der Waals surface area (Å²) in [5.41, 5.74) is 8.98. The van der Waals surface area contributed by atoms with Gasteiger partial charge in [-0.2, -0.15) is 0 Å². The van der Waals surface area contributed by atoms with Gasteiger partial charge in [-0.25, -0.2) is 0 Å². The van der Waals surface area contributed by atoms with Crippen LogP contribution < -0.4 is 0 Å². The summed E-state index contributed by atoms with van der Waals surface area (Å²) in [6, 6.07) is 0. The van der Waals surface area contributed by atoms with Crippen molar-refractivity contribution < 1.29 is 26.2 Å². The molecule has 0 aromatic heterocycles. The van der Waals surface area contributed by atoms with E-state index in [0.717, 1.165) is 0 Å². The summed E-state index contributed by atoms with van der Waals surface area (Å²) in [6.07, 6.45) is 6.92. The quantitative estimate of drug-likeness (QED) is 0.566. The molecule has 1 heteroatoms. The van der Waals surface area contributed by atoms with Crippen LogP contribution in [0.3, 0.4) is 0 Å². The van der Waals surface area contributed by atoms with Gasteiger partial charge in [0.15, 0.2) is 0 Å². The largest absolute Gasteiger partial charge is 0.0690 e. The fraction of sp³-hybridized carbons (Fsp3) is 0.500. The van der Waals surface area contributed by atoms with Crippen molar-refractivity contribution in [3.05, 3.63) is 45.6 Å². The molecule has 0 aliphatic heterocycles. The molecular formula is C16H24Zr. The molecule has 92 valence electrons. The van der Waals surface area contributed by atoms with Crippen LogP contribution >= 0.6 is 0 Å². The van der Waals surface area contributed by atoms with E-state index >= 15 is 0 Å². The summed E-state index contributed by atoms with van der Waals surface area (Å²) >= 11 is 0. The Labute approximate surface area is 126 Å². The van der Waals surface area contributed by atoms with Crippen LogP contribution in [0.2, 0.25) is 0 Å². The van der Waals surface area contributed by atoms with Crippen LogP contribution in [0, 0.1) is 0 Å². The van der Waals surface area contributed by atoms with Gasteiger partial charge in [0.05, 0.1) is 0 Å². The van der Waals surface area contributed by atoms with E-state index in [1.165, 1.54) is 46.3 Å². The first-order valence-electron chi connectivity index (χ1n) is 6.07. The molecule has 0 heterocycles. The first kappa shape index (κ1) is 16.8. The van der Waals surface area contributed by atoms with Gasteiger partial charge in [0.25, 0.3) is 0 Å². The molecule has 0 aromatic rings. The zero-order valence-corrected chi connectivity index (χ0v) is 14.5. The van der Waals surface area contributed by atoms with E-state index in [1.54, 1.807) is 0 Å². The molecule has 0 atom stereocenters. The first-order chi connectivity index (χ1) is 7.40. The van der Waals surface area contributed by atoms with E-state index in [-0.39, 0.29) is 26.2 Å². The summed E-state index contributed by atoms with van der Waals surface area (Å²) in [7, 11) is 0. The fourth-order valence-electron chi connectivity index (χ4n) is 2.20. The van der Waals surface area contributed by atoms with Crippen molar-refractivity contribution in [3.8, 4) is 0 Å². The van der Waals surface area contributed by atoms with Gasteiger partial charge in [-0.15, -0.1) is 0 Å². The van der Waals surface area contributed by atoms with Crippen molar-refractivity contribution in [2.45, 2.75) is 54.4 Å². The normalized spacial score (nSPS) is 18.5. The van der Waals surface area contributed by atoms with E-state index < -0.39 is 0 Å². The predicted octanol–water partition coefficient (Wildman–Crippen LogP) is 5.34. The number of allylic oxidation sites excluding steroid dienone is 8. The molecule has 2 aliphatic rings. The second-order valence-electron chi connectivity index (χ2n) is 5.26. The SMILES string of the molecule is CC1=CC(C)=C(C)C1.CC1=CC(C)=C(C)C1.[Zr]. The van der Waals surface area contributed by atoms with Gasteiger partial charge < -0.3 is 0 Å². The van der Waals surface area contributed by atoms with E-state index in [1.807, 2.05) is 0 Å². The van der Waals surface area contributed by atoms with E-state index in [0.29, 0.717) is 0 Å². The fourth-order valence-corrected chi connectivity index (χ4v) is 2.20. The minimum Gasteiger partial charge on any atom is -0.0690 e. The number of hydrogen-bond donors (Lipinski definition) is 0. The topological polar surface area (TPSA) is 0 Å². The zero-order valence-electron chi connectivity index (χ0n) is 12.1. The van der Waals surface area contributed by atoms with Gasteiger partial charge in [0, 0.05) is 26.2 Å². The molecule has 0 saturated heterocycles. The molecule has 0 radical (unpaired) electrons. The van der Waals surface area contributed by atoms with E-state index in [2.05, 4.69) is 53.7 Å². The maximum Gasteiger partial charge on any atom is 0 e. The van der Waals surface area contributed by atoms with Crippen molar-refractivity contribution in [2.75, 3.05) is 0 Å².